The zero-order valence-electron chi connectivity index (χ0n) is 6.96. The van der Waals surface area contributed by atoms with Gasteiger partial charge in [0.2, 0.25) is 0 Å². The summed E-state index contributed by atoms with van der Waals surface area (Å²) in [6, 6.07) is 5.65. The van der Waals surface area contributed by atoms with E-state index in [1.54, 1.807) is 6.07 Å². The van der Waals surface area contributed by atoms with E-state index >= 15 is 0 Å². The van der Waals surface area contributed by atoms with Gasteiger partial charge in [0.1, 0.15) is 5.75 Å². The van der Waals surface area contributed by atoms with E-state index in [2.05, 4.69) is 0 Å². The van der Waals surface area contributed by atoms with Crippen molar-refractivity contribution >= 4 is 0 Å². The number of phenols is 1. The molecular weight excluding hydrogens is 150 g/mol. The van der Waals surface area contributed by atoms with Crippen molar-refractivity contribution in [1.29, 1.82) is 0 Å². The molecule has 0 aliphatic heterocycles. The molecule has 1 aliphatic rings. The van der Waals surface area contributed by atoms with E-state index in [1.165, 1.54) is 11.1 Å². The Bertz CT molecular complexity index is 296. The minimum absolute atomic E-state index is 0.175. The molecule has 0 radical (unpaired) electrons. The predicted molar refractivity (Wildman–Crippen MR) is 48.0 cm³/mol. The average Bonchev–Trinajstić information content (AvgIpc) is 2.04. The first kappa shape index (κ1) is 7.62. The van der Waals surface area contributed by atoms with Gasteiger partial charge in [-0.2, -0.15) is 0 Å². The quantitative estimate of drug-likeness (QED) is 0.611. The SMILES string of the molecule is NC1CCCc2cc(O)ccc21. The largest absolute Gasteiger partial charge is 0.508 e. The van der Waals surface area contributed by atoms with Crippen LogP contribution < -0.4 is 5.73 Å². The number of hydrogen-bond acceptors (Lipinski definition) is 2. The van der Waals surface area contributed by atoms with Crippen LogP contribution in [0.2, 0.25) is 0 Å². The highest BCUT2D eigenvalue weighted by molar-refractivity contribution is 5.38. The Labute approximate surface area is 72.0 Å². The molecule has 2 heteroatoms. The molecular formula is C10H13NO. The summed E-state index contributed by atoms with van der Waals surface area (Å²) in [5.74, 6) is 0.350. The lowest BCUT2D eigenvalue weighted by Gasteiger charge is -2.21. The number of aryl methyl sites for hydroxylation is 1. The maximum atomic E-state index is 9.23. The van der Waals surface area contributed by atoms with Gasteiger partial charge in [0.05, 0.1) is 0 Å². The first-order valence-corrected chi connectivity index (χ1v) is 4.35. The number of fused-ring (bicyclic) bond motifs is 1. The van der Waals surface area contributed by atoms with E-state index < -0.39 is 0 Å². The maximum Gasteiger partial charge on any atom is 0.115 e. The molecule has 0 fully saturated rings. The molecule has 1 atom stereocenters. The van der Waals surface area contributed by atoms with Gasteiger partial charge in [-0.25, -0.2) is 0 Å². The summed E-state index contributed by atoms with van der Waals surface area (Å²) in [6.45, 7) is 0. The molecule has 64 valence electrons. The Morgan fingerprint density at radius 2 is 2.25 bits per heavy atom. The number of nitrogens with two attached hydrogens (primary N) is 1. The molecule has 3 N–H and O–H groups in total. The van der Waals surface area contributed by atoms with Gasteiger partial charge < -0.3 is 10.8 Å². The van der Waals surface area contributed by atoms with Gasteiger partial charge in [0.15, 0.2) is 0 Å². The van der Waals surface area contributed by atoms with Crippen molar-refractivity contribution in [1.82, 2.24) is 0 Å². The first-order valence-electron chi connectivity index (χ1n) is 4.35. The second kappa shape index (κ2) is 2.79. The standard InChI is InChI=1S/C10H13NO/c11-10-3-1-2-7-6-8(12)4-5-9(7)10/h4-6,10,12H,1-3,11H2. The minimum Gasteiger partial charge on any atom is -0.508 e. The molecule has 0 spiro atoms. The van der Waals surface area contributed by atoms with Gasteiger partial charge in [0.25, 0.3) is 0 Å². The number of aromatic hydroxyl groups is 1. The number of rotatable bonds is 0. The molecule has 0 amide bonds. The van der Waals surface area contributed by atoms with Crippen LogP contribution in [-0.2, 0) is 6.42 Å². The lowest BCUT2D eigenvalue weighted by molar-refractivity contribution is 0.471. The van der Waals surface area contributed by atoms with E-state index in [-0.39, 0.29) is 6.04 Å². The number of hydrogen-bond donors (Lipinski definition) is 2. The lowest BCUT2D eigenvalue weighted by Crippen LogP contribution is -2.16. The van der Waals surface area contributed by atoms with E-state index in [0.29, 0.717) is 5.75 Å². The third-order valence-corrected chi connectivity index (χ3v) is 2.49. The molecule has 2 nitrogen and oxygen atoms in total. The van der Waals surface area contributed by atoms with Gasteiger partial charge in [0, 0.05) is 6.04 Å². The molecule has 1 aromatic rings. The predicted octanol–water partition coefficient (Wildman–Crippen LogP) is 1.73. The first-order chi connectivity index (χ1) is 5.77. The van der Waals surface area contributed by atoms with Crippen molar-refractivity contribution in [2.24, 2.45) is 5.73 Å². The van der Waals surface area contributed by atoms with E-state index in [4.69, 9.17) is 5.73 Å². The Balaban J connectivity index is 2.46. The smallest absolute Gasteiger partial charge is 0.115 e. The Hall–Kier alpha value is -1.02. The van der Waals surface area contributed by atoms with Crippen LogP contribution in [0.15, 0.2) is 18.2 Å². The van der Waals surface area contributed by atoms with Crippen molar-refractivity contribution in [3.8, 4) is 5.75 Å². The normalized spacial score (nSPS) is 21.9. The fourth-order valence-corrected chi connectivity index (χ4v) is 1.84. The van der Waals surface area contributed by atoms with Crippen LogP contribution in [0.1, 0.15) is 30.0 Å². The monoisotopic (exact) mass is 163 g/mol. The highest BCUT2D eigenvalue weighted by Crippen LogP contribution is 2.29. The minimum atomic E-state index is 0.175. The molecule has 0 heterocycles. The fourth-order valence-electron chi connectivity index (χ4n) is 1.84. The Morgan fingerprint density at radius 1 is 1.42 bits per heavy atom. The molecule has 0 saturated heterocycles. The van der Waals surface area contributed by atoms with Gasteiger partial charge in [-0.1, -0.05) is 6.07 Å². The topological polar surface area (TPSA) is 46.2 Å². The molecule has 0 saturated carbocycles. The second-order valence-electron chi connectivity index (χ2n) is 3.38. The molecule has 1 unspecified atom stereocenters. The van der Waals surface area contributed by atoms with Crippen LogP contribution in [0.5, 0.6) is 5.75 Å². The van der Waals surface area contributed by atoms with E-state index in [1.807, 2.05) is 12.1 Å². The summed E-state index contributed by atoms with van der Waals surface area (Å²) in [6.07, 6.45) is 3.26. The third-order valence-electron chi connectivity index (χ3n) is 2.49. The third kappa shape index (κ3) is 1.18. The molecule has 0 bridgehead atoms. The molecule has 1 aromatic carbocycles. The van der Waals surface area contributed by atoms with E-state index in [9.17, 15) is 5.11 Å². The van der Waals surface area contributed by atoms with Crippen LogP contribution in [-0.4, -0.2) is 5.11 Å². The average molecular weight is 163 g/mol. The summed E-state index contributed by atoms with van der Waals surface area (Å²) in [4.78, 5) is 0. The van der Waals surface area contributed by atoms with Gasteiger partial charge in [-0.3, -0.25) is 0 Å². The summed E-state index contributed by atoms with van der Waals surface area (Å²) in [5, 5.41) is 9.23. The van der Waals surface area contributed by atoms with Crippen molar-refractivity contribution < 1.29 is 5.11 Å². The van der Waals surface area contributed by atoms with Gasteiger partial charge in [-0.05, 0) is 42.5 Å². The Kier molecular flexibility index (Phi) is 1.77. The summed E-state index contributed by atoms with van der Waals surface area (Å²) >= 11 is 0. The zero-order chi connectivity index (χ0) is 8.55. The summed E-state index contributed by atoms with van der Waals surface area (Å²) in [7, 11) is 0. The van der Waals surface area contributed by atoms with Crippen LogP contribution >= 0.6 is 0 Å². The summed E-state index contributed by atoms with van der Waals surface area (Å²) < 4.78 is 0. The van der Waals surface area contributed by atoms with Crippen LogP contribution in [0.3, 0.4) is 0 Å². The van der Waals surface area contributed by atoms with Crippen molar-refractivity contribution in [2.45, 2.75) is 25.3 Å². The molecule has 2 rings (SSSR count). The van der Waals surface area contributed by atoms with Crippen molar-refractivity contribution in [3.05, 3.63) is 29.3 Å². The van der Waals surface area contributed by atoms with Gasteiger partial charge >= 0.3 is 0 Å². The van der Waals surface area contributed by atoms with Crippen molar-refractivity contribution in [2.75, 3.05) is 0 Å². The number of benzene rings is 1. The lowest BCUT2D eigenvalue weighted by atomic mass is 9.88. The highest BCUT2D eigenvalue weighted by atomic mass is 16.3. The van der Waals surface area contributed by atoms with Crippen molar-refractivity contribution in [3.63, 3.8) is 0 Å². The second-order valence-corrected chi connectivity index (χ2v) is 3.38. The van der Waals surface area contributed by atoms with Crippen LogP contribution in [0.25, 0.3) is 0 Å². The Morgan fingerprint density at radius 3 is 3.08 bits per heavy atom. The molecule has 12 heavy (non-hydrogen) atoms. The summed E-state index contributed by atoms with van der Waals surface area (Å²) in [5.41, 5.74) is 8.34. The molecule has 0 aromatic heterocycles. The maximum absolute atomic E-state index is 9.23. The van der Waals surface area contributed by atoms with Crippen LogP contribution in [0, 0.1) is 0 Å². The number of phenolic OH excluding ortho intramolecular Hbond substituents is 1. The van der Waals surface area contributed by atoms with E-state index in [0.717, 1.165) is 19.3 Å². The highest BCUT2D eigenvalue weighted by Gasteiger charge is 2.16. The molecule has 1 aliphatic carbocycles. The van der Waals surface area contributed by atoms with Gasteiger partial charge in [-0.15, -0.1) is 0 Å². The fraction of sp³-hybridized carbons (Fsp3) is 0.400. The zero-order valence-corrected chi connectivity index (χ0v) is 6.96. The van der Waals surface area contributed by atoms with Crippen LogP contribution in [0.4, 0.5) is 0 Å².